The van der Waals surface area contributed by atoms with E-state index in [0.717, 1.165) is 67.3 Å². The molecule has 16 rings (SSSR count). The minimum absolute atomic E-state index is 0.112. The number of aromatic nitrogens is 4. The Hall–Kier alpha value is -10.9. The van der Waals surface area contributed by atoms with Crippen molar-refractivity contribution >= 4 is 106 Å². The average Bonchev–Trinajstić information content (AvgIpc) is 1.90. The third-order valence-corrected chi connectivity index (χ3v) is 16.2. The summed E-state index contributed by atoms with van der Waals surface area (Å²) in [5, 5.41) is 15.3. The van der Waals surface area contributed by atoms with Crippen LogP contribution < -0.4 is 8.84 Å². The maximum Gasteiger partial charge on any atom is 0.569 e. The van der Waals surface area contributed by atoms with Crippen molar-refractivity contribution in [2.75, 3.05) is 0 Å². The van der Waals surface area contributed by atoms with Gasteiger partial charge in [0.25, 0.3) is 0 Å². The van der Waals surface area contributed by atoms with Crippen LogP contribution in [0.25, 0.3) is 133 Å². The van der Waals surface area contributed by atoms with Gasteiger partial charge in [-0.15, -0.1) is 0 Å². The van der Waals surface area contributed by atoms with Gasteiger partial charge >= 0.3 is 23.3 Å². The van der Waals surface area contributed by atoms with E-state index < -0.39 is 21.4 Å². The quantitative estimate of drug-likeness (QED) is 0.0851. The predicted molar refractivity (Wildman–Crippen MR) is 339 cm³/mol. The molecule has 6 heterocycles. The standard InChI is InChI=1S/C35H22N2O.C24H17BNO2.C12H6F3NO4S/c1-3-17-31-28(13-1)29-14-2-4-18-32(29)37(31)26-12-6-10-24(22-26)23-9-5-11-25(21-23)27-15-7-16-30-34-33(38-35(27)30)19-8-20-36-34;27-25-28-20-10-6-8-18(16-20)17-7-5-9-19(15-17)26-23-13-3-1-11-21(23)22-12-2-4-14-24(22)26;13-12(14,15)21(17,18)20-9-4-1-3-7-10-8(19-11(7)9)5-2-6-16-10/h1-22H;1-16,27H;1-6H. The van der Waals surface area contributed by atoms with Crippen LogP contribution in [0.15, 0.2) is 276 Å². The fourth-order valence-electron chi connectivity index (χ4n) is 11.4. The highest BCUT2D eigenvalue weighted by Crippen LogP contribution is 2.40. The number of benzene rings is 10. The molecule has 0 fully saturated rings. The van der Waals surface area contributed by atoms with E-state index in [-0.39, 0.29) is 5.58 Å². The van der Waals surface area contributed by atoms with Crippen LogP contribution >= 0.6 is 0 Å². The van der Waals surface area contributed by atoms with E-state index in [1.165, 1.54) is 61.4 Å². The number of rotatable bonds is 9. The molecule has 0 amide bonds. The van der Waals surface area contributed by atoms with Crippen LogP contribution in [-0.2, 0) is 10.1 Å². The van der Waals surface area contributed by atoms with Gasteiger partial charge in [0, 0.05) is 56.3 Å². The number of furan rings is 2. The van der Waals surface area contributed by atoms with Crippen LogP contribution in [0, 0.1) is 0 Å². The maximum atomic E-state index is 12.4. The van der Waals surface area contributed by atoms with E-state index in [1.807, 2.05) is 42.6 Å². The summed E-state index contributed by atoms with van der Waals surface area (Å²) >= 11 is 0. The molecule has 0 aliphatic rings. The number of pyridine rings is 2. The molecule has 6 aromatic heterocycles. The molecule has 0 unspecified atom stereocenters. The van der Waals surface area contributed by atoms with Gasteiger partial charge in [0.1, 0.15) is 22.4 Å². The third-order valence-electron chi connectivity index (χ3n) is 15.2. The largest absolute Gasteiger partial charge is 0.569 e. The highest BCUT2D eigenvalue weighted by Gasteiger charge is 2.49. The zero-order chi connectivity index (χ0) is 59.2. The van der Waals surface area contributed by atoms with Crippen molar-refractivity contribution in [2.24, 2.45) is 0 Å². The lowest BCUT2D eigenvalue weighted by atomic mass is 9.97. The summed E-state index contributed by atoms with van der Waals surface area (Å²) in [7, 11) is -5.06. The van der Waals surface area contributed by atoms with Gasteiger partial charge in [0.15, 0.2) is 22.5 Å². The minimum atomic E-state index is -5.76. The molecule has 16 heteroatoms. The smallest absolute Gasteiger partial charge is 0.537 e. The van der Waals surface area contributed by atoms with Gasteiger partial charge in [-0.25, -0.2) is 0 Å². The number of alkyl halides is 3. The van der Waals surface area contributed by atoms with Gasteiger partial charge in [-0.2, -0.15) is 21.6 Å². The van der Waals surface area contributed by atoms with E-state index in [4.69, 9.17) is 18.5 Å². The fraction of sp³-hybridized carbons (Fsp3) is 0.0141. The van der Waals surface area contributed by atoms with E-state index >= 15 is 0 Å². The van der Waals surface area contributed by atoms with Crippen LogP contribution in [0.2, 0.25) is 0 Å². The molecule has 421 valence electrons. The molecular formula is C71H45BF3N4O7S. The first kappa shape index (κ1) is 54.0. The number of para-hydroxylation sites is 6. The summed E-state index contributed by atoms with van der Waals surface area (Å²) in [6.45, 7) is 0. The maximum absolute atomic E-state index is 12.4. The molecule has 87 heavy (non-hydrogen) atoms. The molecule has 10 aromatic carbocycles. The molecule has 0 aliphatic heterocycles. The Labute approximate surface area is 495 Å². The van der Waals surface area contributed by atoms with Crippen molar-refractivity contribution in [1.29, 1.82) is 0 Å². The first-order chi connectivity index (χ1) is 42.5. The first-order valence-electron chi connectivity index (χ1n) is 27.5. The number of halogens is 3. The number of hydrogen-bond acceptors (Lipinski definition) is 9. The summed E-state index contributed by atoms with van der Waals surface area (Å²) in [5.41, 5.74) is 11.4. The molecule has 16 aromatic rings. The van der Waals surface area contributed by atoms with Crippen molar-refractivity contribution < 1.29 is 44.3 Å². The Balaban J connectivity index is 0.000000121. The topological polar surface area (TPSA) is 135 Å². The summed E-state index contributed by atoms with van der Waals surface area (Å²) in [4.78, 5) is 8.59. The second kappa shape index (κ2) is 22.2. The lowest BCUT2D eigenvalue weighted by molar-refractivity contribution is -0.0499. The van der Waals surface area contributed by atoms with Crippen LogP contribution in [0.3, 0.4) is 0 Å². The Bertz CT molecular complexity index is 5300. The normalized spacial score (nSPS) is 11.8. The summed E-state index contributed by atoms with van der Waals surface area (Å²) in [6, 6.07) is 85.2. The molecule has 1 N–H and O–H groups in total. The molecule has 0 saturated carbocycles. The van der Waals surface area contributed by atoms with Crippen molar-refractivity contribution in [3.8, 4) is 56.3 Å². The van der Waals surface area contributed by atoms with Gasteiger partial charge in [-0.05, 0) is 137 Å². The van der Waals surface area contributed by atoms with Crippen molar-refractivity contribution in [3.63, 3.8) is 0 Å². The SMILES string of the molecule is O=S(=O)(Oc1cccc2c1oc1cccnc12)C(F)(F)F.O[B]Oc1cccc(-c2cccc(-n3c4ccccc4c4ccccc43)c2)c1.c1cc(-c2cccc(-n3c4ccccc4c4ccccc43)c2)cc(-c2cccc3c2oc2cccnc23)c1. The Morgan fingerprint density at radius 3 is 1.36 bits per heavy atom. The molecule has 0 saturated heterocycles. The summed E-state index contributed by atoms with van der Waals surface area (Å²) in [6.07, 6.45) is 3.30. The highest BCUT2D eigenvalue weighted by molar-refractivity contribution is 7.88. The lowest BCUT2D eigenvalue weighted by Gasteiger charge is -2.11. The van der Waals surface area contributed by atoms with Crippen LogP contribution in [0.4, 0.5) is 13.2 Å². The highest BCUT2D eigenvalue weighted by atomic mass is 32.2. The molecule has 1 radical (unpaired) electrons. The van der Waals surface area contributed by atoms with Crippen molar-refractivity contribution in [1.82, 2.24) is 19.1 Å². The second-order valence-corrected chi connectivity index (χ2v) is 21.9. The lowest BCUT2D eigenvalue weighted by Crippen LogP contribution is -2.28. The Kier molecular flexibility index (Phi) is 13.8. The molecule has 0 spiro atoms. The van der Waals surface area contributed by atoms with Crippen LogP contribution in [0.5, 0.6) is 11.5 Å². The molecule has 11 nitrogen and oxygen atoms in total. The first-order valence-corrected chi connectivity index (χ1v) is 28.9. The minimum Gasteiger partial charge on any atom is -0.537 e. The number of nitrogens with zero attached hydrogens (tertiary/aromatic N) is 4. The molecule has 0 atom stereocenters. The Morgan fingerprint density at radius 1 is 0.425 bits per heavy atom. The third kappa shape index (κ3) is 10.0. The van der Waals surface area contributed by atoms with Gasteiger partial charge in [0.2, 0.25) is 0 Å². The van der Waals surface area contributed by atoms with Crippen molar-refractivity contribution in [3.05, 3.63) is 267 Å². The van der Waals surface area contributed by atoms with Gasteiger partial charge in [-0.1, -0.05) is 146 Å². The van der Waals surface area contributed by atoms with Gasteiger partial charge < -0.3 is 31.8 Å². The molecule has 0 bridgehead atoms. The monoisotopic (exact) mass is 1170 g/mol. The zero-order valence-electron chi connectivity index (χ0n) is 45.7. The fourth-order valence-corrected chi connectivity index (χ4v) is 11.9. The van der Waals surface area contributed by atoms with Crippen LogP contribution in [-0.4, -0.2) is 45.7 Å². The Morgan fingerprint density at radius 2 is 0.839 bits per heavy atom. The van der Waals surface area contributed by atoms with Gasteiger partial charge in [-0.3, -0.25) is 9.97 Å². The van der Waals surface area contributed by atoms with Crippen LogP contribution in [0.1, 0.15) is 0 Å². The van der Waals surface area contributed by atoms with E-state index in [9.17, 15) is 21.6 Å². The number of hydrogen-bond donors (Lipinski definition) is 1. The predicted octanol–water partition coefficient (Wildman–Crippen LogP) is 18.0. The second-order valence-electron chi connectivity index (χ2n) is 20.4. The van der Waals surface area contributed by atoms with Gasteiger partial charge in [0.05, 0.1) is 27.5 Å². The average molecular weight is 1170 g/mol. The summed E-state index contributed by atoms with van der Waals surface area (Å²) in [5.74, 6) is 0.0603. The van der Waals surface area contributed by atoms with Crippen molar-refractivity contribution in [2.45, 2.75) is 5.51 Å². The van der Waals surface area contributed by atoms with E-state index in [1.54, 1.807) is 18.2 Å². The molecule has 0 aliphatic carbocycles. The summed E-state index contributed by atoms with van der Waals surface area (Å²) < 4.78 is 84.8. The number of fused-ring (bicyclic) bond motifs is 12. The molecular weight excluding hydrogens is 1120 g/mol. The zero-order valence-corrected chi connectivity index (χ0v) is 46.5. The van der Waals surface area contributed by atoms with E-state index in [0.29, 0.717) is 29.9 Å². The van der Waals surface area contributed by atoms with E-state index in [2.05, 4.69) is 211 Å².